The average Bonchev–Trinajstić information content (AvgIpc) is 0.833. The highest BCUT2D eigenvalue weighted by molar-refractivity contribution is 6.29. The number of halogens is 1. The second-order valence-corrected chi connectivity index (χ2v) is 45.2. The molecule has 1 saturated carbocycles. The summed E-state index contributed by atoms with van der Waals surface area (Å²) in [5.41, 5.74) is 0. The van der Waals surface area contributed by atoms with E-state index in [1.54, 1.807) is 0 Å². The lowest BCUT2D eigenvalue weighted by Gasteiger charge is -2.40. The molecule has 4 aliphatic rings. The van der Waals surface area contributed by atoms with Crippen molar-refractivity contribution in [2.45, 2.75) is 706 Å². The lowest BCUT2D eigenvalue weighted by atomic mass is 9.75. The van der Waals surface area contributed by atoms with E-state index in [0.717, 1.165) is 49.8 Å². The molecule has 3 aliphatic carbocycles. The van der Waals surface area contributed by atoms with Crippen molar-refractivity contribution < 1.29 is 0 Å². The van der Waals surface area contributed by atoms with Gasteiger partial charge in [-0.25, -0.2) is 4.98 Å². The molecule has 2 heterocycles. The first kappa shape index (κ1) is 120. The number of pyridine rings is 1. The quantitative estimate of drug-likeness (QED) is 0.222. The monoisotopic (exact) mass is 1820 g/mol. The third-order valence-electron chi connectivity index (χ3n) is 32.3. The lowest BCUT2D eigenvalue weighted by Crippen LogP contribution is -2.49. The molecule has 2 fully saturated rings. The van der Waals surface area contributed by atoms with Crippen LogP contribution in [0.25, 0.3) is 0 Å². The number of nitrogens with zero attached hydrogens (tertiary/aromatic N) is 3. The fraction of sp³-hybridized carbons (Fsp3) is 0.944. The Morgan fingerprint density at radius 2 is 0.357 bits per heavy atom. The third-order valence-corrected chi connectivity index (χ3v) is 32.6. The summed E-state index contributed by atoms with van der Waals surface area (Å²) in [6, 6.07) is 6.10. The van der Waals surface area contributed by atoms with E-state index in [1.165, 1.54) is 713 Å². The third kappa shape index (κ3) is 85.8. The second kappa shape index (κ2) is 101. The Labute approximate surface area is 819 Å². The van der Waals surface area contributed by atoms with Crippen molar-refractivity contribution in [2.75, 3.05) is 37.6 Å². The van der Waals surface area contributed by atoms with Crippen molar-refractivity contribution in [1.82, 2.24) is 9.88 Å². The number of anilines is 1. The van der Waals surface area contributed by atoms with Gasteiger partial charge in [0.25, 0.3) is 0 Å². The zero-order valence-electron chi connectivity index (χ0n) is 88.7. The first-order valence-corrected chi connectivity index (χ1v) is 62.4. The Balaban J connectivity index is 0.946. The van der Waals surface area contributed by atoms with Crippen LogP contribution in [-0.4, -0.2) is 42.6 Å². The summed E-state index contributed by atoms with van der Waals surface area (Å²) in [6.45, 7) is 5.69. The first-order valence-electron chi connectivity index (χ1n) is 62.1. The van der Waals surface area contributed by atoms with Gasteiger partial charge in [0.2, 0.25) is 0 Å². The average molecular weight is 1820 g/mol. The molecule has 0 amide bonds. The number of rotatable bonds is 3. The summed E-state index contributed by atoms with van der Waals surface area (Å²) < 4.78 is 0. The minimum atomic E-state index is 0.611. The van der Waals surface area contributed by atoms with Crippen molar-refractivity contribution in [3.8, 4) is 0 Å². The molecule has 129 heavy (non-hydrogen) atoms. The topological polar surface area (TPSA) is 19.4 Å². The molecule has 3 atom stereocenters. The minimum Gasteiger partial charge on any atom is -0.354 e. The zero-order chi connectivity index (χ0) is 90.6. The van der Waals surface area contributed by atoms with Gasteiger partial charge in [0.1, 0.15) is 11.0 Å². The molecule has 0 spiro atoms. The predicted molar refractivity (Wildman–Crippen MR) is 585 cm³/mol. The number of hydrogen-bond donors (Lipinski definition) is 0. The van der Waals surface area contributed by atoms with Gasteiger partial charge in [0, 0.05) is 32.7 Å². The normalized spacial score (nSPS) is 25.3. The molecule has 1 aromatic rings. The fourth-order valence-electron chi connectivity index (χ4n) is 23.3. The summed E-state index contributed by atoms with van der Waals surface area (Å²) in [5, 5.41) is 0.611. The van der Waals surface area contributed by atoms with Crippen LogP contribution in [0, 0.1) is 17.8 Å². The molecule has 4 heteroatoms. The van der Waals surface area contributed by atoms with Crippen molar-refractivity contribution >= 4 is 17.4 Å². The molecular formula is C125H238ClN3. The largest absolute Gasteiger partial charge is 0.354 e. The highest BCUT2D eigenvalue weighted by atomic mass is 35.5. The van der Waals surface area contributed by atoms with Crippen LogP contribution >= 0.6 is 11.6 Å². The highest BCUT2D eigenvalue weighted by Crippen LogP contribution is 2.37. The van der Waals surface area contributed by atoms with Crippen LogP contribution in [0.15, 0.2) is 30.4 Å². The molecule has 5 rings (SSSR count). The van der Waals surface area contributed by atoms with Crippen LogP contribution in [0.3, 0.4) is 0 Å². The van der Waals surface area contributed by atoms with E-state index in [0.29, 0.717) is 5.15 Å². The molecule has 1 aromatic heterocycles. The van der Waals surface area contributed by atoms with E-state index in [1.807, 2.05) is 6.07 Å². The molecule has 1 aliphatic heterocycles. The Morgan fingerprint density at radius 1 is 0.194 bits per heavy atom. The van der Waals surface area contributed by atoms with E-state index in [9.17, 15) is 0 Å². The lowest BCUT2D eigenvalue weighted by molar-refractivity contribution is 0.165. The smallest absolute Gasteiger partial charge is 0.131 e. The van der Waals surface area contributed by atoms with Gasteiger partial charge in [-0.1, -0.05) is 717 Å². The van der Waals surface area contributed by atoms with Crippen LogP contribution in [0.5, 0.6) is 0 Å². The maximum absolute atomic E-state index is 6.33. The van der Waals surface area contributed by atoms with Crippen LogP contribution in [0.1, 0.15) is 706 Å². The molecular weight excluding hydrogens is 1580 g/mol. The number of hydrogen-bond acceptors (Lipinski definition) is 3. The van der Waals surface area contributed by atoms with Gasteiger partial charge in [-0.2, -0.15) is 0 Å². The Morgan fingerprint density at radius 3 is 0.527 bits per heavy atom. The molecule has 0 aromatic carbocycles. The van der Waals surface area contributed by atoms with Gasteiger partial charge >= 0.3 is 0 Å². The van der Waals surface area contributed by atoms with E-state index in [-0.39, 0.29) is 0 Å². The molecule has 3 nitrogen and oxygen atoms in total. The van der Waals surface area contributed by atoms with E-state index in [4.69, 9.17) is 11.6 Å². The number of allylic oxidation sites excluding steroid dienone is 2. The summed E-state index contributed by atoms with van der Waals surface area (Å²) in [7, 11) is 0. The summed E-state index contributed by atoms with van der Waals surface area (Å²) >= 11 is 6.33. The summed E-state index contributed by atoms with van der Waals surface area (Å²) in [4.78, 5) is 9.91. The molecule has 0 radical (unpaired) electrons. The van der Waals surface area contributed by atoms with Crippen LogP contribution < -0.4 is 4.90 Å². The SMILES string of the molecule is Clc1cccc(N2CCN(CC3CC4C=CC3CCCCCCCCCCCCCCCCCCCCCCCCCCCCCCCCCCCCCCCCCCCCCCCCCCCCCCCCCCCCCCCCCCCCCCCCCCCCCCCCCCCCCCCCCCCCCCCCCCCCCCCCCCCCC4)CC2)n1. The molecule has 0 N–H and O–H groups in total. The van der Waals surface area contributed by atoms with E-state index >= 15 is 0 Å². The standard InChI is InChI=1S/C125H238ClN3/c126-124-111-108-112-125(127-124)129-117-115-128(116-118-129)120-123-119-121-109-106-104-102-100-98-96-94-92-90-88-86-84-82-80-78-76-74-72-70-68-66-64-62-60-58-56-54-52-50-48-46-44-42-40-38-36-34-32-30-28-26-24-22-20-18-16-14-12-10-8-6-4-2-1-3-5-7-9-11-13-15-17-19-21-23-25-27-29-31-33-35-37-39-41-43-45-47-49-51-53-55-57-59-61-63-65-67-69-71-73-75-77-79-81-83-85-87-89-91-93-95-97-99-101-103-105-107-110-122(123)114-113-121/h108,111-114,121-123H,1-107,109-110,115-120H2. The van der Waals surface area contributed by atoms with E-state index < -0.39 is 0 Å². The van der Waals surface area contributed by atoms with E-state index in [2.05, 4.69) is 39.1 Å². The van der Waals surface area contributed by atoms with Gasteiger partial charge in [-0.15, -0.1) is 0 Å². The molecule has 3 unspecified atom stereocenters. The Kier molecular flexibility index (Phi) is 94.5. The number of fused-ring (bicyclic) bond motifs is 109. The maximum atomic E-state index is 6.33. The second-order valence-electron chi connectivity index (χ2n) is 44.8. The van der Waals surface area contributed by atoms with Crippen molar-refractivity contribution in [3.63, 3.8) is 0 Å². The van der Waals surface area contributed by atoms with Gasteiger partial charge in [-0.05, 0) is 49.1 Å². The molecule has 1 saturated heterocycles. The van der Waals surface area contributed by atoms with Crippen LogP contribution in [0.2, 0.25) is 5.15 Å². The Hall–Kier alpha value is -1.06. The number of piperazine rings is 1. The first-order chi connectivity index (χ1) is 64.3. The predicted octanol–water partition coefficient (Wildman–Crippen LogP) is 45.2. The van der Waals surface area contributed by atoms with Crippen LogP contribution in [-0.2, 0) is 0 Å². The zero-order valence-corrected chi connectivity index (χ0v) is 89.4. The molecule has 760 valence electrons. The maximum Gasteiger partial charge on any atom is 0.131 e. The van der Waals surface area contributed by atoms with Gasteiger partial charge in [-0.3, -0.25) is 4.90 Å². The summed E-state index contributed by atoms with van der Waals surface area (Å²) in [5.74, 6) is 3.41. The van der Waals surface area contributed by atoms with Crippen molar-refractivity contribution in [1.29, 1.82) is 0 Å². The fourth-order valence-corrected chi connectivity index (χ4v) is 23.4. The Bertz CT molecular complexity index is 2240. The highest BCUT2D eigenvalue weighted by Gasteiger charge is 2.30. The van der Waals surface area contributed by atoms with Crippen molar-refractivity contribution in [3.05, 3.63) is 35.5 Å². The van der Waals surface area contributed by atoms with Gasteiger partial charge in [0.15, 0.2) is 0 Å². The summed E-state index contributed by atoms with van der Waals surface area (Å²) in [6.07, 6.45) is 169. The molecule has 2 bridgehead atoms. The van der Waals surface area contributed by atoms with Gasteiger partial charge < -0.3 is 4.90 Å². The van der Waals surface area contributed by atoms with Crippen molar-refractivity contribution in [2.24, 2.45) is 17.8 Å². The number of aromatic nitrogens is 1. The van der Waals surface area contributed by atoms with Gasteiger partial charge in [0.05, 0.1) is 0 Å². The van der Waals surface area contributed by atoms with Crippen LogP contribution in [0.4, 0.5) is 5.82 Å². The minimum absolute atomic E-state index is 0.611.